The first-order valence-corrected chi connectivity index (χ1v) is 9.50. The molecule has 0 heterocycles. The zero-order valence-electron chi connectivity index (χ0n) is 15.5. The number of thiocarbonyl (C=S) groups is 1. The Morgan fingerprint density at radius 3 is 2.46 bits per heavy atom. The van der Waals surface area contributed by atoms with Crippen LogP contribution in [0.5, 0.6) is 0 Å². The summed E-state index contributed by atoms with van der Waals surface area (Å²) in [5.41, 5.74) is 1.31. The van der Waals surface area contributed by atoms with E-state index in [4.69, 9.17) is 12.2 Å². The molecule has 0 spiro atoms. The number of likely N-dealkylation sites (N-methyl/N-ethyl adjacent to an activating group) is 1. The highest BCUT2D eigenvalue weighted by molar-refractivity contribution is 7.80. The zero-order chi connectivity index (χ0) is 20.1. The largest absolute Gasteiger partial charge is 0.358 e. The van der Waals surface area contributed by atoms with Gasteiger partial charge in [-0.3, -0.25) is 14.9 Å². The van der Waals surface area contributed by atoms with Gasteiger partial charge < -0.3 is 15.5 Å². The van der Waals surface area contributed by atoms with Gasteiger partial charge in [0, 0.05) is 36.5 Å². The van der Waals surface area contributed by atoms with E-state index in [0.29, 0.717) is 10.7 Å². The van der Waals surface area contributed by atoms with Gasteiger partial charge in [0.2, 0.25) is 0 Å². The summed E-state index contributed by atoms with van der Waals surface area (Å²) in [5.74, 6) is -0.157. The number of nitrogens with zero attached hydrogens (tertiary/aromatic N) is 2. The van der Waals surface area contributed by atoms with E-state index < -0.39 is 4.92 Å². The minimum Gasteiger partial charge on any atom is -0.358 e. The highest BCUT2D eigenvalue weighted by Crippen LogP contribution is 2.25. The number of rotatable bonds is 5. The normalized spacial score (nSPS) is 18.3. The van der Waals surface area contributed by atoms with Crippen LogP contribution in [0.25, 0.3) is 0 Å². The second kappa shape index (κ2) is 8.79. The van der Waals surface area contributed by atoms with Crippen LogP contribution in [0.1, 0.15) is 29.6 Å². The molecule has 1 aliphatic rings. The van der Waals surface area contributed by atoms with Crippen molar-refractivity contribution in [2.75, 3.05) is 12.4 Å². The molecule has 1 fully saturated rings. The molecule has 28 heavy (non-hydrogen) atoms. The van der Waals surface area contributed by atoms with Gasteiger partial charge >= 0.3 is 0 Å². The van der Waals surface area contributed by atoms with Crippen LogP contribution in [0.4, 0.5) is 11.4 Å². The summed E-state index contributed by atoms with van der Waals surface area (Å²) in [6.07, 6.45) is 2.79. The Kier molecular flexibility index (Phi) is 6.20. The van der Waals surface area contributed by atoms with E-state index in [2.05, 4.69) is 10.6 Å². The first-order chi connectivity index (χ1) is 13.5. The highest BCUT2D eigenvalue weighted by Gasteiger charge is 2.33. The molecule has 1 aliphatic carbocycles. The SMILES string of the molecule is CN(C(=O)c1ccc([N+](=O)[O-])cc1)C1CCCC1NC(=S)Nc1ccccc1. The van der Waals surface area contributed by atoms with Crippen molar-refractivity contribution in [2.45, 2.75) is 31.3 Å². The van der Waals surface area contributed by atoms with Crippen molar-refractivity contribution in [1.29, 1.82) is 0 Å². The molecule has 1 saturated carbocycles. The molecular weight excluding hydrogens is 376 g/mol. The van der Waals surface area contributed by atoms with Gasteiger partial charge in [0.1, 0.15) is 0 Å². The number of hydrogen-bond acceptors (Lipinski definition) is 4. The third-order valence-corrected chi connectivity index (χ3v) is 5.19. The molecule has 1 amide bonds. The van der Waals surface area contributed by atoms with Gasteiger partial charge in [0.05, 0.1) is 11.0 Å². The fourth-order valence-corrected chi connectivity index (χ4v) is 3.78. The molecule has 0 saturated heterocycles. The van der Waals surface area contributed by atoms with Gasteiger partial charge in [-0.2, -0.15) is 0 Å². The van der Waals surface area contributed by atoms with Crippen molar-refractivity contribution in [2.24, 2.45) is 0 Å². The second-order valence-electron chi connectivity index (χ2n) is 6.79. The average molecular weight is 398 g/mol. The fourth-order valence-electron chi connectivity index (χ4n) is 3.51. The molecule has 2 atom stereocenters. The maximum atomic E-state index is 12.8. The van der Waals surface area contributed by atoms with Gasteiger partial charge in [-0.1, -0.05) is 18.2 Å². The number of para-hydroxylation sites is 1. The van der Waals surface area contributed by atoms with Gasteiger partial charge in [-0.05, 0) is 55.7 Å². The lowest BCUT2D eigenvalue weighted by molar-refractivity contribution is -0.384. The van der Waals surface area contributed by atoms with E-state index in [1.165, 1.54) is 24.3 Å². The third-order valence-electron chi connectivity index (χ3n) is 4.97. The molecule has 2 unspecified atom stereocenters. The van der Waals surface area contributed by atoms with Crippen LogP contribution in [0.2, 0.25) is 0 Å². The number of nitrogens with one attached hydrogen (secondary N) is 2. The number of nitro groups is 1. The Hall–Kier alpha value is -3.00. The van der Waals surface area contributed by atoms with Crippen LogP contribution >= 0.6 is 12.2 Å². The number of carbonyl (C=O) groups excluding carboxylic acids is 1. The Balaban J connectivity index is 1.63. The lowest BCUT2D eigenvalue weighted by Gasteiger charge is -2.31. The van der Waals surface area contributed by atoms with Crippen LogP contribution in [-0.2, 0) is 0 Å². The summed E-state index contributed by atoms with van der Waals surface area (Å²) in [7, 11) is 1.77. The minimum absolute atomic E-state index is 0.00165. The van der Waals surface area contributed by atoms with E-state index >= 15 is 0 Å². The molecule has 0 radical (unpaired) electrons. The molecule has 146 valence electrons. The first-order valence-electron chi connectivity index (χ1n) is 9.10. The molecule has 2 N–H and O–H groups in total. The van der Waals surface area contributed by atoms with Gasteiger partial charge in [-0.15, -0.1) is 0 Å². The predicted molar refractivity (Wildman–Crippen MR) is 112 cm³/mol. The van der Waals surface area contributed by atoms with Crippen LogP contribution < -0.4 is 10.6 Å². The Bertz CT molecular complexity index is 858. The summed E-state index contributed by atoms with van der Waals surface area (Å²) in [6.45, 7) is 0. The van der Waals surface area contributed by atoms with Crippen molar-refractivity contribution in [3.05, 3.63) is 70.3 Å². The van der Waals surface area contributed by atoms with Gasteiger partial charge in [-0.25, -0.2) is 0 Å². The molecule has 0 aliphatic heterocycles. The second-order valence-corrected chi connectivity index (χ2v) is 7.20. The van der Waals surface area contributed by atoms with Crippen LogP contribution in [-0.4, -0.2) is 40.0 Å². The van der Waals surface area contributed by atoms with Crippen LogP contribution in [0.15, 0.2) is 54.6 Å². The van der Waals surface area contributed by atoms with E-state index in [0.717, 1.165) is 24.9 Å². The van der Waals surface area contributed by atoms with E-state index in [1.807, 2.05) is 30.3 Å². The number of benzene rings is 2. The highest BCUT2D eigenvalue weighted by atomic mass is 32.1. The van der Waals surface area contributed by atoms with E-state index in [9.17, 15) is 14.9 Å². The number of anilines is 1. The Morgan fingerprint density at radius 1 is 1.14 bits per heavy atom. The number of carbonyl (C=O) groups is 1. The zero-order valence-corrected chi connectivity index (χ0v) is 16.3. The van der Waals surface area contributed by atoms with Crippen molar-refractivity contribution in [3.8, 4) is 0 Å². The van der Waals surface area contributed by atoms with Crippen molar-refractivity contribution in [3.63, 3.8) is 0 Å². The molecular formula is C20H22N4O3S. The molecule has 8 heteroatoms. The summed E-state index contributed by atoms with van der Waals surface area (Å²) in [6, 6.07) is 15.4. The van der Waals surface area contributed by atoms with Crippen LogP contribution in [0, 0.1) is 10.1 Å². The molecule has 2 aromatic rings. The third kappa shape index (κ3) is 4.64. The molecule has 3 rings (SSSR count). The van der Waals surface area contributed by atoms with E-state index in [1.54, 1.807) is 11.9 Å². The maximum absolute atomic E-state index is 12.8. The Morgan fingerprint density at radius 2 is 1.82 bits per heavy atom. The molecule has 7 nitrogen and oxygen atoms in total. The quantitative estimate of drug-likeness (QED) is 0.455. The summed E-state index contributed by atoms with van der Waals surface area (Å²) in [5, 5.41) is 17.8. The molecule has 0 bridgehead atoms. The number of amides is 1. The average Bonchev–Trinajstić information content (AvgIpc) is 3.15. The predicted octanol–water partition coefficient (Wildman–Crippen LogP) is 3.57. The monoisotopic (exact) mass is 398 g/mol. The lowest BCUT2D eigenvalue weighted by atomic mass is 10.1. The van der Waals surface area contributed by atoms with Crippen molar-refractivity contribution >= 4 is 34.6 Å². The lowest BCUT2D eigenvalue weighted by Crippen LogP contribution is -2.50. The first kappa shape index (κ1) is 19.8. The fraction of sp³-hybridized carbons (Fsp3) is 0.300. The van der Waals surface area contributed by atoms with Crippen LogP contribution in [0.3, 0.4) is 0 Å². The number of non-ortho nitro benzene ring substituents is 1. The van der Waals surface area contributed by atoms with Crippen molar-refractivity contribution in [1.82, 2.24) is 10.2 Å². The van der Waals surface area contributed by atoms with Gasteiger partial charge in [0.15, 0.2) is 5.11 Å². The maximum Gasteiger partial charge on any atom is 0.269 e. The van der Waals surface area contributed by atoms with Gasteiger partial charge in [0.25, 0.3) is 11.6 Å². The number of nitro benzene ring substituents is 1. The number of hydrogen-bond donors (Lipinski definition) is 2. The van der Waals surface area contributed by atoms with Crippen molar-refractivity contribution < 1.29 is 9.72 Å². The smallest absolute Gasteiger partial charge is 0.269 e. The Labute approximate surface area is 168 Å². The summed E-state index contributed by atoms with van der Waals surface area (Å²) < 4.78 is 0. The molecule has 2 aromatic carbocycles. The molecule has 0 aromatic heterocycles. The summed E-state index contributed by atoms with van der Waals surface area (Å²) in [4.78, 5) is 24.8. The summed E-state index contributed by atoms with van der Waals surface area (Å²) >= 11 is 5.42. The minimum atomic E-state index is -0.477. The standard InChI is InChI=1S/C20H22N4O3S/c1-23(19(25)14-10-12-16(13-11-14)24(26)27)18-9-5-8-17(18)22-20(28)21-15-6-3-2-4-7-15/h2-4,6-7,10-13,17-18H,5,8-9H2,1H3,(H2,21,22,28). The van der Waals surface area contributed by atoms with E-state index in [-0.39, 0.29) is 23.7 Å². The topological polar surface area (TPSA) is 87.5 Å².